The van der Waals surface area contributed by atoms with Gasteiger partial charge in [-0.15, -0.1) is 12.4 Å². The summed E-state index contributed by atoms with van der Waals surface area (Å²) in [5.74, 6) is -0.0985. The molecule has 3 rings (SSSR count). The van der Waals surface area contributed by atoms with Crippen LogP contribution in [0.2, 0.25) is 0 Å². The summed E-state index contributed by atoms with van der Waals surface area (Å²) >= 11 is 0. The molecule has 1 aromatic carbocycles. The fraction of sp³-hybridized carbons (Fsp3) is 0.286. The Bertz CT molecular complexity index is 623. The largest absolute Gasteiger partial charge is 0.347 e. The Morgan fingerprint density at radius 2 is 2.20 bits per heavy atom. The van der Waals surface area contributed by atoms with E-state index < -0.39 is 0 Å². The highest BCUT2D eigenvalue weighted by atomic mass is 35.5. The maximum absolute atomic E-state index is 11.9. The molecule has 0 bridgehead atoms. The van der Waals surface area contributed by atoms with E-state index in [2.05, 4.69) is 33.8 Å². The maximum Gasteiger partial charge on any atom is 0.269 e. The number of aryl methyl sites for hydroxylation is 1. The molecule has 0 atom stereocenters. The third kappa shape index (κ3) is 2.84. The number of halogens is 1. The molecule has 5 nitrogen and oxygen atoms in total. The van der Waals surface area contributed by atoms with Crippen molar-refractivity contribution in [3.05, 3.63) is 53.1 Å². The van der Waals surface area contributed by atoms with Crippen molar-refractivity contribution in [2.24, 2.45) is 7.05 Å². The second-order valence-electron chi connectivity index (χ2n) is 4.78. The lowest BCUT2D eigenvalue weighted by atomic mass is 10.1. The van der Waals surface area contributed by atoms with Gasteiger partial charge in [0.2, 0.25) is 0 Å². The Morgan fingerprint density at radius 3 is 2.95 bits per heavy atom. The van der Waals surface area contributed by atoms with Gasteiger partial charge in [-0.3, -0.25) is 4.79 Å². The lowest BCUT2D eigenvalue weighted by Crippen LogP contribution is -2.24. The first kappa shape index (κ1) is 14.6. The Kier molecular flexibility index (Phi) is 4.42. The van der Waals surface area contributed by atoms with Crippen molar-refractivity contribution in [2.45, 2.75) is 19.6 Å². The molecular formula is C14H17ClN4O. The molecule has 0 saturated heterocycles. The van der Waals surface area contributed by atoms with Crippen molar-refractivity contribution in [1.29, 1.82) is 0 Å². The Hall–Kier alpha value is -1.85. The van der Waals surface area contributed by atoms with Crippen molar-refractivity contribution in [3.63, 3.8) is 0 Å². The number of benzene rings is 1. The van der Waals surface area contributed by atoms with Crippen molar-refractivity contribution < 1.29 is 4.79 Å². The van der Waals surface area contributed by atoms with Gasteiger partial charge in [-0.2, -0.15) is 0 Å². The van der Waals surface area contributed by atoms with Crippen LogP contribution < -0.4 is 10.6 Å². The summed E-state index contributed by atoms with van der Waals surface area (Å²) in [5, 5.41) is 6.22. The fourth-order valence-electron chi connectivity index (χ4n) is 2.31. The zero-order chi connectivity index (χ0) is 13.2. The first-order chi connectivity index (χ1) is 9.24. The predicted molar refractivity (Wildman–Crippen MR) is 78.6 cm³/mol. The van der Waals surface area contributed by atoms with E-state index in [-0.39, 0.29) is 18.3 Å². The van der Waals surface area contributed by atoms with Gasteiger partial charge >= 0.3 is 0 Å². The average Bonchev–Trinajstić information content (AvgIpc) is 3.03. The van der Waals surface area contributed by atoms with Crippen molar-refractivity contribution in [1.82, 2.24) is 20.2 Å². The molecule has 20 heavy (non-hydrogen) atoms. The molecule has 2 heterocycles. The number of imidazole rings is 1. The topological polar surface area (TPSA) is 59.0 Å². The molecule has 0 spiro atoms. The quantitative estimate of drug-likeness (QED) is 0.898. The number of aromatic nitrogens is 2. The van der Waals surface area contributed by atoms with Gasteiger partial charge in [-0.25, -0.2) is 4.98 Å². The highest BCUT2D eigenvalue weighted by molar-refractivity contribution is 5.92. The molecule has 0 radical (unpaired) electrons. The van der Waals surface area contributed by atoms with Crippen LogP contribution in [0.3, 0.4) is 0 Å². The van der Waals surface area contributed by atoms with Crippen LogP contribution >= 0.6 is 12.4 Å². The van der Waals surface area contributed by atoms with Crippen LogP contribution in [0, 0.1) is 0 Å². The highest BCUT2D eigenvalue weighted by Gasteiger charge is 2.12. The number of hydrogen-bond acceptors (Lipinski definition) is 3. The minimum Gasteiger partial charge on any atom is -0.347 e. The summed E-state index contributed by atoms with van der Waals surface area (Å²) in [6, 6.07) is 6.34. The third-order valence-electron chi connectivity index (χ3n) is 3.40. The first-order valence-electron chi connectivity index (χ1n) is 6.30. The van der Waals surface area contributed by atoms with Gasteiger partial charge in [0, 0.05) is 26.7 Å². The van der Waals surface area contributed by atoms with E-state index in [0.29, 0.717) is 12.2 Å². The van der Waals surface area contributed by atoms with Crippen molar-refractivity contribution in [3.8, 4) is 0 Å². The number of amides is 1. The highest BCUT2D eigenvalue weighted by Crippen LogP contribution is 2.16. The van der Waals surface area contributed by atoms with Gasteiger partial charge in [0.05, 0.1) is 12.5 Å². The SMILES string of the molecule is Cl.Cn1cncc1C(=O)NCc1ccc2c(c1)CNC2. The summed E-state index contributed by atoms with van der Waals surface area (Å²) < 4.78 is 1.71. The minimum absolute atomic E-state index is 0. The predicted octanol–water partition coefficient (Wildman–Crippen LogP) is 1.38. The molecule has 1 amide bonds. The molecule has 0 unspecified atom stereocenters. The fourth-order valence-corrected chi connectivity index (χ4v) is 2.31. The second kappa shape index (κ2) is 6.07. The van der Waals surface area contributed by atoms with E-state index in [1.54, 1.807) is 17.1 Å². The van der Waals surface area contributed by atoms with Gasteiger partial charge in [0.25, 0.3) is 5.91 Å². The summed E-state index contributed by atoms with van der Waals surface area (Å²) in [6.07, 6.45) is 3.19. The van der Waals surface area contributed by atoms with E-state index in [9.17, 15) is 4.79 Å². The van der Waals surface area contributed by atoms with Crippen LogP contribution in [-0.2, 0) is 26.7 Å². The molecular weight excluding hydrogens is 276 g/mol. The van der Waals surface area contributed by atoms with E-state index in [0.717, 1.165) is 18.7 Å². The zero-order valence-electron chi connectivity index (χ0n) is 11.2. The lowest BCUT2D eigenvalue weighted by Gasteiger charge is -2.07. The zero-order valence-corrected chi connectivity index (χ0v) is 12.0. The van der Waals surface area contributed by atoms with Crippen LogP contribution in [0.15, 0.2) is 30.7 Å². The monoisotopic (exact) mass is 292 g/mol. The Labute approximate surface area is 123 Å². The number of nitrogens with one attached hydrogen (secondary N) is 2. The van der Waals surface area contributed by atoms with E-state index >= 15 is 0 Å². The number of fused-ring (bicyclic) bond motifs is 1. The summed E-state index contributed by atoms with van der Waals surface area (Å²) in [7, 11) is 1.81. The normalized spacial score (nSPS) is 12.7. The Balaban J connectivity index is 0.00000147. The molecule has 1 aliphatic rings. The van der Waals surface area contributed by atoms with E-state index in [1.165, 1.54) is 11.1 Å². The summed E-state index contributed by atoms with van der Waals surface area (Å²) in [4.78, 5) is 15.9. The summed E-state index contributed by atoms with van der Waals surface area (Å²) in [5.41, 5.74) is 4.37. The van der Waals surface area contributed by atoms with Gasteiger partial charge < -0.3 is 15.2 Å². The van der Waals surface area contributed by atoms with E-state index in [1.807, 2.05) is 7.05 Å². The van der Waals surface area contributed by atoms with Crippen LogP contribution in [0.1, 0.15) is 27.2 Å². The molecule has 1 aliphatic heterocycles. The minimum atomic E-state index is -0.0985. The van der Waals surface area contributed by atoms with Crippen LogP contribution in [0.5, 0.6) is 0 Å². The first-order valence-corrected chi connectivity index (χ1v) is 6.30. The van der Waals surface area contributed by atoms with Gasteiger partial charge in [0.15, 0.2) is 0 Å². The number of rotatable bonds is 3. The molecule has 0 saturated carbocycles. The third-order valence-corrected chi connectivity index (χ3v) is 3.40. The summed E-state index contributed by atoms with van der Waals surface area (Å²) in [6.45, 7) is 2.40. The van der Waals surface area contributed by atoms with Crippen molar-refractivity contribution in [2.75, 3.05) is 0 Å². The van der Waals surface area contributed by atoms with Crippen LogP contribution in [0.4, 0.5) is 0 Å². The standard InChI is InChI=1S/C14H16N4O.ClH/c1-18-9-16-8-13(18)14(19)17-5-10-2-3-11-6-15-7-12(11)4-10;/h2-4,8-9,15H,5-7H2,1H3,(H,17,19);1H. The molecule has 2 N–H and O–H groups in total. The average molecular weight is 293 g/mol. The number of nitrogens with zero attached hydrogens (tertiary/aromatic N) is 2. The lowest BCUT2D eigenvalue weighted by molar-refractivity contribution is 0.0942. The van der Waals surface area contributed by atoms with Gasteiger partial charge in [-0.05, 0) is 16.7 Å². The molecule has 1 aromatic heterocycles. The van der Waals surface area contributed by atoms with Gasteiger partial charge in [0.1, 0.15) is 5.69 Å². The van der Waals surface area contributed by atoms with Crippen LogP contribution in [-0.4, -0.2) is 15.5 Å². The van der Waals surface area contributed by atoms with Crippen LogP contribution in [0.25, 0.3) is 0 Å². The van der Waals surface area contributed by atoms with E-state index in [4.69, 9.17) is 0 Å². The second-order valence-corrected chi connectivity index (χ2v) is 4.78. The molecule has 0 aliphatic carbocycles. The smallest absolute Gasteiger partial charge is 0.269 e. The van der Waals surface area contributed by atoms with Crippen molar-refractivity contribution >= 4 is 18.3 Å². The molecule has 2 aromatic rings. The molecule has 6 heteroatoms. The molecule has 0 fully saturated rings. The number of carbonyl (C=O) groups is 1. The molecule has 106 valence electrons. The number of hydrogen-bond donors (Lipinski definition) is 2. The Morgan fingerprint density at radius 1 is 1.40 bits per heavy atom. The van der Waals surface area contributed by atoms with Gasteiger partial charge in [-0.1, -0.05) is 18.2 Å². The maximum atomic E-state index is 11.9. The number of carbonyl (C=O) groups excluding carboxylic acids is 1.